The smallest absolute Gasteiger partial charge is 0.417 e. The number of hydrogen-bond donors (Lipinski definition) is 2. The summed E-state index contributed by atoms with van der Waals surface area (Å²) in [6.45, 7) is 23.6. The van der Waals surface area contributed by atoms with Gasteiger partial charge in [0, 0.05) is 0 Å². The lowest BCUT2D eigenvalue weighted by Gasteiger charge is -2.46. The molecule has 2 N–H and O–H groups in total. The highest BCUT2D eigenvalue weighted by Crippen LogP contribution is 2.42. The summed E-state index contributed by atoms with van der Waals surface area (Å²) in [6.07, 6.45) is -6.36. The second-order valence-corrected chi connectivity index (χ2v) is 18.9. The van der Waals surface area contributed by atoms with E-state index in [1.807, 2.05) is 33.9 Å². The molecule has 3 amide bonds. The minimum Gasteiger partial charge on any atom is -0.444 e. The molecule has 2 rings (SSSR count). The second kappa shape index (κ2) is 10.3. The van der Waals surface area contributed by atoms with Crippen LogP contribution in [0.15, 0.2) is 0 Å². The zero-order chi connectivity index (χ0) is 29.8. The predicted molar refractivity (Wildman–Crippen MR) is 143 cm³/mol. The molecule has 0 spiro atoms. The van der Waals surface area contributed by atoms with Crippen LogP contribution in [-0.2, 0) is 23.4 Å². The SMILES string of the molecule is CC(C)(C)OC(=O)N1C(=O)[C@@H](O)[C@@H](O)[C@@H]1[C@@H](O[Si](C)(C)C(C)(C)C)[C@@H]1COC(C)(C)N1C(=O)OC(C)(C)C. The number of ether oxygens (including phenoxy) is 3. The lowest BCUT2D eigenvalue weighted by Crippen LogP contribution is -2.63. The van der Waals surface area contributed by atoms with Gasteiger partial charge in [-0.05, 0) is 73.5 Å². The van der Waals surface area contributed by atoms with E-state index in [9.17, 15) is 24.6 Å². The van der Waals surface area contributed by atoms with Crippen molar-refractivity contribution in [1.29, 1.82) is 0 Å². The molecule has 0 aromatic heterocycles. The van der Waals surface area contributed by atoms with Crippen molar-refractivity contribution in [3.63, 3.8) is 0 Å². The van der Waals surface area contributed by atoms with Crippen LogP contribution in [0.1, 0.15) is 76.2 Å². The monoisotopic (exact) mass is 560 g/mol. The van der Waals surface area contributed by atoms with Gasteiger partial charge < -0.3 is 28.8 Å². The number of aliphatic hydroxyl groups is 2. The van der Waals surface area contributed by atoms with Crippen molar-refractivity contribution in [2.45, 2.75) is 142 Å². The van der Waals surface area contributed by atoms with Crippen LogP contribution in [0, 0.1) is 0 Å². The van der Waals surface area contributed by atoms with Crippen LogP contribution in [-0.4, -0.2) is 100 Å². The van der Waals surface area contributed by atoms with E-state index < -0.39 is 73.7 Å². The molecule has 0 aromatic rings. The van der Waals surface area contributed by atoms with Gasteiger partial charge in [-0.15, -0.1) is 0 Å². The van der Waals surface area contributed by atoms with Gasteiger partial charge in [-0.3, -0.25) is 9.69 Å². The summed E-state index contributed by atoms with van der Waals surface area (Å²) < 4.78 is 24.0. The molecule has 38 heavy (non-hydrogen) atoms. The number of hydrogen-bond acceptors (Lipinski definition) is 9. The fraction of sp³-hybridized carbons (Fsp3) is 0.885. The van der Waals surface area contributed by atoms with Crippen LogP contribution >= 0.6 is 0 Å². The van der Waals surface area contributed by atoms with Crippen LogP contribution in [0.2, 0.25) is 18.1 Å². The van der Waals surface area contributed by atoms with Crippen molar-refractivity contribution < 1.29 is 43.2 Å². The lowest BCUT2D eigenvalue weighted by atomic mass is 9.97. The van der Waals surface area contributed by atoms with Crippen LogP contribution < -0.4 is 0 Å². The number of amides is 3. The Kier molecular flexibility index (Phi) is 8.84. The second-order valence-electron chi connectivity index (χ2n) is 14.1. The van der Waals surface area contributed by atoms with Gasteiger partial charge in [0.2, 0.25) is 0 Å². The molecular weight excluding hydrogens is 512 g/mol. The number of likely N-dealkylation sites (tertiary alicyclic amines) is 1. The van der Waals surface area contributed by atoms with Crippen LogP contribution in [0.25, 0.3) is 0 Å². The summed E-state index contributed by atoms with van der Waals surface area (Å²) in [7, 11) is -2.66. The topological polar surface area (TPSA) is 135 Å². The first-order chi connectivity index (χ1) is 16.8. The molecule has 0 saturated carbocycles. The van der Waals surface area contributed by atoms with Crippen molar-refractivity contribution in [3.8, 4) is 0 Å². The Morgan fingerprint density at radius 1 is 0.974 bits per heavy atom. The molecule has 0 unspecified atom stereocenters. The first-order valence-electron chi connectivity index (χ1n) is 13.1. The maximum atomic E-state index is 13.5. The predicted octanol–water partition coefficient (Wildman–Crippen LogP) is 3.62. The Hall–Kier alpha value is -1.73. The highest BCUT2D eigenvalue weighted by atomic mass is 28.4. The Bertz CT molecular complexity index is 917. The van der Waals surface area contributed by atoms with Gasteiger partial charge in [0.15, 0.2) is 14.4 Å². The largest absolute Gasteiger partial charge is 0.444 e. The quantitative estimate of drug-likeness (QED) is 0.494. The Morgan fingerprint density at radius 2 is 1.45 bits per heavy atom. The van der Waals surface area contributed by atoms with E-state index in [2.05, 4.69) is 0 Å². The maximum Gasteiger partial charge on any atom is 0.417 e. The van der Waals surface area contributed by atoms with E-state index in [0.717, 1.165) is 4.90 Å². The normalized spacial score (nSPS) is 27.5. The van der Waals surface area contributed by atoms with Crippen LogP contribution in [0.4, 0.5) is 9.59 Å². The van der Waals surface area contributed by atoms with Crippen molar-refractivity contribution >= 4 is 26.4 Å². The molecule has 2 aliphatic heterocycles. The van der Waals surface area contributed by atoms with Crippen molar-refractivity contribution in [2.75, 3.05) is 6.61 Å². The summed E-state index contributed by atoms with van der Waals surface area (Å²) >= 11 is 0. The molecule has 220 valence electrons. The van der Waals surface area contributed by atoms with E-state index in [0.29, 0.717) is 0 Å². The van der Waals surface area contributed by atoms with E-state index in [1.165, 1.54) is 4.90 Å². The third kappa shape index (κ3) is 6.88. The van der Waals surface area contributed by atoms with Gasteiger partial charge in [-0.25, -0.2) is 14.5 Å². The summed E-state index contributed by atoms with van der Waals surface area (Å²) in [5, 5.41) is 21.5. The standard InChI is InChI=1S/C26H48N2O9Si/c1-23(2,3)35-21(32)27-16(17(29)18(30)20(27)31)19(37-38(12,13)25(7,8)9)15-14-34-26(10,11)28(15)22(33)36-24(4,5)6/h15-19,29-30H,14H2,1-13H3/t15-,16+,17-,18-,19-/m0/s1. The number of carbonyl (C=O) groups excluding carboxylic acids is 3. The fourth-order valence-corrected chi connectivity index (χ4v) is 5.60. The molecule has 5 atom stereocenters. The summed E-state index contributed by atoms with van der Waals surface area (Å²) in [5.41, 5.74) is -2.88. The van der Waals surface area contributed by atoms with Gasteiger partial charge in [0.05, 0.1) is 24.8 Å². The van der Waals surface area contributed by atoms with Gasteiger partial charge in [0.1, 0.15) is 23.0 Å². The first kappa shape index (κ1) is 32.5. The summed E-state index contributed by atoms with van der Waals surface area (Å²) in [5.74, 6) is -0.998. The van der Waals surface area contributed by atoms with Crippen molar-refractivity contribution in [2.24, 2.45) is 0 Å². The molecule has 0 aromatic carbocycles. The Labute approximate surface area is 227 Å². The molecule has 0 bridgehead atoms. The van der Waals surface area contributed by atoms with Crippen molar-refractivity contribution in [3.05, 3.63) is 0 Å². The number of imide groups is 1. The molecule has 2 saturated heterocycles. The number of aliphatic hydroxyl groups excluding tert-OH is 2. The molecular formula is C26H48N2O9Si. The molecule has 12 heteroatoms. The van der Waals surface area contributed by atoms with E-state index in [1.54, 1.807) is 55.4 Å². The van der Waals surface area contributed by atoms with Gasteiger partial charge >= 0.3 is 12.2 Å². The van der Waals surface area contributed by atoms with Crippen molar-refractivity contribution in [1.82, 2.24) is 9.80 Å². The molecule has 11 nitrogen and oxygen atoms in total. The molecule has 2 aliphatic rings. The highest BCUT2D eigenvalue weighted by Gasteiger charge is 2.61. The highest BCUT2D eigenvalue weighted by molar-refractivity contribution is 6.74. The van der Waals surface area contributed by atoms with E-state index in [-0.39, 0.29) is 11.6 Å². The first-order valence-corrected chi connectivity index (χ1v) is 16.0. The summed E-state index contributed by atoms with van der Waals surface area (Å²) in [4.78, 5) is 42.0. The maximum absolute atomic E-state index is 13.5. The zero-order valence-electron chi connectivity index (χ0n) is 25.2. The third-order valence-corrected chi connectivity index (χ3v) is 11.6. The number of rotatable bonds is 4. The average Bonchev–Trinajstić information content (AvgIpc) is 3.10. The fourth-order valence-electron chi connectivity index (χ4n) is 4.27. The number of nitrogens with zero attached hydrogens (tertiary/aromatic N) is 2. The van der Waals surface area contributed by atoms with Gasteiger partial charge in [-0.1, -0.05) is 20.8 Å². The Morgan fingerprint density at radius 3 is 1.89 bits per heavy atom. The van der Waals surface area contributed by atoms with E-state index >= 15 is 0 Å². The number of carbonyl (C=O) groups is 3. The molecule has 2 fully saturated rings. The lowest BCUT2D eigenvalue weighted by molar-refractivity contribution is -0.136. The molecule has 0 radical (unpaired) electrons. The van der Waals surface area contributed by atoms with Gasteiger partial charge in [0.25, 0.3) is 5.91 Å². The average molecular weight is 561 g/mol. The third-order valence-electron chi connectivity index (χ3n) is 7.11. The molecule has 2 heterocycles. The minimum atomic E-state index is -2.66. The van der Waals surface area contributed by atoms with E-state index in [4.69, 9.17) is 18.6 Å². The van der Waals surface area contributed by atoms with Gasteiger partial charge in [-0.2, -0.15) is 0 Å². The zero-order valence-corrected chi connectivity index (χ0v) is 26.2. The van der Waals surface area contributed by atoms with Crippen LogP contribution in [0.3, 0.4) is 0 Å². The molecule has 0 aliphatic carbocycles. The van der Waals surface area contributed by atoms with Crippen LogP contribution in [0.5, 0.6) is 0 Å². The minimum absolute atomic E-state index is 0.0127. The summed E-state index contributed by atoms with van der Waals surface area (Å²) in [6, 6.07) is -2.22. The Balaban J connectivity index is 2.69.